The van der Waals surface area contributed by atoms with Crippen molar-refractivity contribution in [2.24, 2.45) is 0 Å². The minimum atomic E-state index is -3.50. The van der Waals surface area contributed by atoms with Crippen molar-refractivity contribution in [1.82, 2.24) is 9.21 Å². The van der Waals surface area contributed by atoms with Crippen LogP contribution in [0.1, 0.15) is 60.0 Å². The van der Waals surface area contributed by atoms with Crippen molar-refractivity contribution in [2.75, 3.05) is 31.5 Å². The third-order valence-corrected chi connectivity index (χ3v) is 8.57. The molecular formula is C27H33N3O4S. The maximum absolute atomic E-state index is 12.9. The molecule has 2 aliphatic heterocycles. The highest BCUT2D eigenvalue weighted by atomic mass is 32.2. The monoisotopic (exact) mass is 495 g/mol. The lowest BCUT2D eigenvalue weighted by atomic mass is 10.1. The van der Waals surface area contributed by atoms with Gasteiger partial charge in [-0.1, -0.05) is 37.1 Å². The number of amides is 2. The summed E-state index contributed by atoms with van der Waals surface area (Å²) in [6.45, 7) is 4.47. The van der Waals surface area contributed by atoms with Gasteiger partial charge in [-0.3, -0.25) is 9.59 Å². The van der Waals surface area contributed by atoms with E-state index in [9.17, 15) is 18.0 Å². The topological polar surface area (TPSA) is 86.8 Å². The number of likely N-dealkylation sites (tertiary alicyclic amines) is 1. The molecule has 2 amide bonds. The summed E-state index contributed by atoms with van der Waals surface area (Å²) in [5.74, 6) is -0.414. The van der Waals surface area contributed by atoms with Crippen molar-refractivity contribution >= 4 is 33.6 Å². The second-order valence-electron chi connectivity index (χ2n) is 9.21. The van der Waals surface area contributed by atoms with Crippen molar-refractivity contribution < 1.29 is 18.0 Å². The van der Waals surface area contributed by atoms with E-state index in [4.69, 9.17) is 0 Å². The van der Waals surface area contributed by atoms with Crippen molar-refractivity contribution in [3.05, 3.63) is 65.2 Å². The molecule has 186 valence electrons. The number of aryl methyl sites for hydroxylation is 1. The van der Waals surface area contributed by atoms with E-state index in [0.717, 1.165) is 57.2 Å². The Labute approximate surface area is 207 Å². The van der Waals surface area contributed by atoms with Gasteiger partial charge in [0.05, 0.1) is 16.1 Å². The summed E-state index contributed by atoms with van der Waals surface area (Å²) in [7, 11) is -3.50. The molecule has 2 aromatic carbocycles. The molecule has 0 unspecified atom stereocenters. The van der Waals surface area contributed by atoms with E-state index < -0.39 is 10.0 Å². The van der Waals surface area contributed by atoms with Gasteiger partial charge >= 0.3 is 0 Å². The Morgan fingerprint density at radius 2 is 1.49 bits per heavy atom. The highest BCUT2D eigenvalue weighted by Crippen LogP contribution is 2.24. The van der Waals surface area contributed by atoms with Gasteiger partial charge in [0, 0.05) is 32.3 Å². The zero-order chi connectivity index (χ0) is 24.8. The summed E-state index contributed by atoms with van der Waals surface area (Å²) in [6.07, 6.45) is 8.94. The fourth-order valence-electron chi connectivity index (χ4n) is 4.62. The van der Waals surface area contributed by atoms with Crippen molar-refractivity contribution in [1.29, 1.82) is 0 Å². The van der Waals surface area contributed by atoms with Crippen molar-refractivity contribution in [3.63, 3.8) is 0 Å². The Balaban J connectivity index is 1.44. The van der Waals surface area contributed by atoms with Crippen LogP contribution < -0.4 is 5.32 Å². The second kappa shape index (κ2) is 11.2. The molecule has 7 nitrogen and oxygen atoms in total. The normalized spacial score (nSPS) is 17.5. The molecule has 0 radical (unpaired) electrons. The average molecular weight is 496 g/mol. The number of rotatable bonds is 6. The fraction of sp³-hybridized carbons (Fsp3) is 0.407. The van der Waals surface area contributed by atoms with Gasteiger partial charge in [-0.25, -0.2) is 8.42 Å². The third kappa shape index (κ3) is 6.00. The molecule has 2 heterocycles. The number of para-hydroxylation sites is 1. The first-order chi connectivity index (χ1) is 16.9. The number of nitrogens with one attached hydrogen (secondary N) is 1. The molecule has 0 atom stereocenters. The number of carbonyl (C=O) groups is 2. The molecule has 0 saturated carbocycles. The Kier molecular flexibility index (Phi) is 8.03. The van der Waals surface area contributed by atoms with Gasteiger partial charge in [-0.2, -0.15) is 4.31 Å². The Bertz CT molecular complexity index is 1190. The van der Waals surface area contributed by atoms with Gasteiger partial charge < -0.3 is 10.2 Å². The van der Waals surface area contributed by atoms with Crippen LogP contribution in [0, 0.1) is 6.92 Å². The van der Waals surface area contributed by atoms with Crippen LogP contribution in [0.4, 0.5) is 5.69 Å². The van der Waals surface area contributed by atoms with E-state index in [2.05, 4.69) is 5.32 Å². The summed E-state index contributed by atoms with van der Waals surface area (Å²) in [5.41, 5.74) is 2.56. The fourth-order valence-corrected chi connectivity index (χ4v) is 6.14. The predicted octanol–water partition coefficient (Wildman–Crippen LogP) is 4.45. The first-order valence-corrected chi connectivity index (χ1v) is 13.8. The number of benzene rings is 2. The zero-order valence-corrected chi connectivity index (χ0v) is 21.0. The quantitative estimate of drug-likeness (QED) is 0.600. The summed E-state index contributed by atoms with van der Waals surface area (Å²) in [5, 5.41) is 2.86. The molecule has 35 heavy (non-hydrogen) atoms. The zero-order valence-electron chi connectivity index (χ0n) is 20.2. The van der Waals surface area contributed by atoms with E-state index in [1.54, 1.807) is 40.7 Å². The number of nitrogens with zero attached hydrogens (tertiary/aromatic N) is 2. The minimum Gasteiger partial charge on any atom is -0.339 e. The molecule has 0 bridgehead atoms. The van der Waals surface area contributed by atoms with Crippen LogP contribution in [-0.4, -0.2) is 55.6 Å². The molecule has 4 rings (SSSR count). The third-order valence-electron chi connectivity index (χ3n) is 6.65. The minimum absolute atomic E-state index is 0.0633. The van der Waals surface area contributed by atoms with Crippen molar-refractivity contribution in [3.8, 4) is 0 Å². The van der Waals surface area contributed by atoms with Crippen LogP contribution in [0.5, 0.6) is 0 Å². The summed E-state index contributed by atoms with van der Waals surface area (Å²) in [6, 6.07) is 12.0. The number of carbonyl (C=O) groups excluding carboxylic acids is 2. The lowest BCUT2D eigenvalue weighted by Crippen LogP contribution is -2.31. The highest BCUT2D eigenvalue weighted by Gasteiger charge is 2.25. The molecule has 2 saturated heterocycles. The van der Waals surface area contributed by atoms with Gasteiger partial charge in [0.25, 0.3) is 5.91 Å². The molecule has 0 aromatic heterocycles. The van der Waals surface area contributed by atoms with Crippen LogP contribution in [0.15, 0.2) is 53.4 Å². The number of anilines is 1. The Morgan fingerprint density at radius 1 is 0.857 bits per heavy atom. The molecule has 8 heteroatoms. The molecular weight excluding hydrogens is 462 g/mol. The van der Waals surface area contributed by atoms with E-state index in [-0.39, 0.29) is 16.7 Å². The van der Waals surface area contributed by atoms with E-state index in [1.807, 2.05) is 24.0 Å². The molecule has 1 N–H and O–H groups in total. The van der Waals surface area contributed by atoms with E-state index in [1.165, 1.54) is 6.08 Å². The maximum atomic E-state index is 12.9. The largest absolute Gasteiger partial charge is 0.339 e. The predicted molar refractivity (Wildman–Crippen MR) is 138 cm³/mol. The molecule has 0 spiro atoms. The van der Waals surface area contributed by atoms with E-state index in [0.29, 0.717) is 29.9 Å². The Hall–Kier alpha value is -2.97. The first-order valence-electron chi connectivity index (χ1n) is 12.3. The molecule has 0 aliphatic carbocycles. The van der Waals surface area contributed by atoms with Crippen molar-refractivity contribution in [2.45, 2.75) is 50.3 Å². The van der Waals surface area contributed by atoms with Gasteiger partial charge in [0.1, 0.15) is 0 Å². The van der Waals surface area contributed by atoms with Crippen LogP contribution >= 0.6 is 0 Å². The van der Waals surface area contributed by atoms with Crippen LogP contribution in [0.25, 0.3) is 6.08 Å². The van der Waals surface area contributed by atoms with E-state index >= 15 is 0 Å². The smallest absolute Gasteiger partial charge is 0.255 e. The van der Waals surface area contributed by atoms with Gasteiger partial charge in [-0.05, 0) is 68.0 Å². The van der Waals surface area contributed by atoms with Gasteiger partial charge in [0.2, 0.25) is 15.9 Å². The maximum Gasteiger partial charge on any atom is 0.255 e. The Morgan fingerprint density at radius 3 is 2.14 bits per heavy atom. The lowest BCUT2D eigenvalue weighted by Gasteiger charge is -2.19. The van der Waals surface area contributed by atoms with Gasteiger partial charge in [-0.15, -0.1) is 0 Å². The van der Waals surface area contributed by atoms with Crippen LogP contribution in [0.3, 0.4) is 0 Å². The summed E-state index contributed by atoms with van der Waals surface area (Å²) in [4.78, 5) is 27.7. The first kappa shape index (κ1) is 25.1. The number of hydrogen-bond acceptors (Lipinski definition) is 4. The van der Waals surface area contributed by atoms with Crippen LogP contribution in [0.2, 0.25) is 0 Å². The summed E-state index contributed by atoms with van der Waals surface area (Å²) >= 11 is 0. The molecule has 2 fully saturated rings. The standard InChI is InChI=1S/C27H33N3O4S/c1-21-9-8-10-24(27(32)29-17-6-7-18-29)26(21)28-25(31)16-13-22-11-14-23(15-12-22)35(33,34)30-19-4-2-3-5-20-30/h8-16H,2-7,17-20H2,1H3,(H,28,31)/b16-13+. The number of hydrogen-bond donors (Lipinski definition) is 1. The summed E-state index contributed by atoms with van der Waals surface area (Å²) < 4.78 is 27.5. The molecule has 2 aliphatic rings. The average Bonchev–Trinajstić information content (AvgIpc) is 3.25. The van der Waals surface area contributed by atoms with Crippen LogP contribution in [-0.2, 0) is 14.8 Å². The molecule has 2 aromatic rings. The lowest BCUT2D eigenvalue weighted by molar-refractivity contribution is -0.111. The van der Waals surface area contributed by atoms with Gasteiger partial charge in [0.15, 0.2) is 0 Å². The SMILES string of the molecule is Cc1cccc(C(=O)N2CCCC2)c1NC(=O)/C=C/c1ccc(S(=O)(=O)N2CCCCCC2)cc1. The highest BCUT2D eigenvalue weighted by molar-refractivity contribution is 7.89. The second-order valence-corrected chi connectivity index (χ2v) is 11.1. The number of sulfonamides is 1.